The second kappa shape index (κ2) is 8.89. The summed E-state index contributed by atoms with van der Waals surface area (Å²) < 4.78 is 5.36. The van der Waals surface area contributed by atoms with E-state index in [9.17, 15) is 5.11 Å². The molecule has 2 N–H and O–H groups in total. The van der Waals surface area contributed by atoms with Gasteiger partial charge in [0.05, 0.1) is 13.2 Å². The molecule has 3 nitrogen and oxygen atoms in total. The normalized spacial score (nSPS) is 14.9. The molecular formula is C12H25NO2. The minimum absolute atomic E-state index is 0.00111. The lowest BCUT2D eigenvalue weighted by Crippen LogP contribution is -2.35. The van der Waals surface area contributed by atoms with E-state index in [1.54, 1.807) is 0 Å². The molecule has 0 spiro atoms. The van der Waals surface area contributed by atoms with Gasteiger partial charge >= 0.3 is 0 Å². The summed E-state index contributed by atoms with van der Waals surface area (Å²) in [5.41, 5.74) is 0.00111. The number of aliphatic hydroxyl groups excluding tert-OH is 1. The molecule has 1 atom stereocenters. The molecule has 0 aromatic heterocycles. The molecule has 3 heteroatoms. The molecule has 90 valence electrons. The van der Waals surface area contributed by atoms with Crippen molar-refractivity contribution in [3.63, 3.8) is 0 Å². The Kier molecular flexibility index (Phi) is 8.67. The monoisotopic (exact) mass is 215 g/mol. The topological polar surface area (TPSA) is 41.5 Å². The quantitative estimate of drug-likeness (QED) is 0.429. The van der Waals surface area contributed by atoms with Gasteiger partial charge in [-0.25, -0.2) is 0 Å². The SMILES string of the molecule is C=CCCOCCNCC(C)(CC)CO. The van der Waals surface area contributed by atoms with E-state index in [1.165, 1.54) is 0 Å². The minimum atomic E-state index is 0.00111. The Labute approximate surface area is 93.5 Å². The highest BCUT2D eigenvalue weighted by atomic mass is 16.5. The Morgan fingerprint density at radius 2 is 2.20 bits per heavy atom. The standard InChI is InChI=1S/C12H25NO2/c1-4-6-8-15-9-7-13-10-12(3,5-2)11-14/h4,13-14H,1,5-11H2,2-3H3. The minimum Gasteiger partial charge on any atom is -0.396 e. The zero-order valence-corrected chi connectivity index (χ0v) is 10.1. The highest BCUT2D eigenvalue weighted by molar-refractivity contribution is 4.73. The van der Waals surface area contributed by atoms with Crippen molar-refractivity contribution < 1.29 is 9.84 Å². The van der Waals surface area contributed by atoms with Gasteiger partial charge in [-0.1, -0.05) is 19.9 Å². The Morgan fingerprint density at radius 1 is 1.47 bits per heavy atom. The lowest BCUT2D eigenvalue weighted by Gasteiger charge is -2.25. The number of nitrogens with one attached hydrogen (secondary N) is 1. The fourth-order valence-corrected chi connectivity index (χ4v) is 1.10. The average Bonchev–Trinajstić information content (AvgIpc) is 2.27. The zero-order valence-electron chi connectivity index (χ0n) is 10.1. The van der Waals surface area contributed by atoms with Crippen LogP contribution in [0.4, 0.5) is 0 Å². The molecule has 15 heavy (non-hydrogen) atoms. The van der Waals surface area contributed by atoms with E-state index < -0.39 is 0 Å². The Hall–Kier alpha value is -0.380. The maximum absolute atomic E-state index is 9.18. The Bertz CT molecular complexity index is 156. The van der Waals surface area contributed by atoms with Crippen LogP contribution in [0.1, 0.15) is 26.7 Å². The molecule has 0 radical (unpaired) electrons. The van der Waals surface area contributed by atoms with Crippen molar-refractivity contribution in [3.8, 4) is 0 Å². The van der Waals surface area contributed by atoms with Gasteiger partial charge in [-0.3, -0.25) is 0 Å². The summed E-state index contributed by atoms with van der Waals surface area (Å²) in [6, 6.07) is 0. The van der Waals surface area contributed by atoms with Crippen molar-refractivity contribution in [2.45, 2.75) is 26.7 Å². The maximum atomic E-state index is 9.18. The molecule has 0 fully saturated rings. The molecule has 0 amide bonds. The summed E-state index contributed by atoms with van der Waals surface area (Å²) in [6.07, 6.45) is 3.74. The molecule has 0 saturated carbocycles. The number of hydrogen-bond donors (Lipinski definition) is 2. The predicted molar refractivity (Wildman–Crippen MR) is 64.0 cm³/mol. The summed E-state index contributed by atoms with van der Waals surface area (Å²) in [6.45, 7) is 11.2. The van der Waals surface area contributed by atoms with Crippen LogP contribution in [0, 0.1) is 5.41 Å². The van der Waals surface area contributed by atoms with Gasteiger partial charge in [0.25, 0.3) is 0 Å². The summed E-state index contributed by atoms with van der Waals surface area (Å²) >= 11 is 0. The first-order chi connectivity index (χ1) is 7.18. The van der Waals surface area contributed by atoms with Crippen molar-refractivity contribution in [2.75, 3.05) is 32.9 Å². The van der Waals surface area contributed by atoms with Crippen LogP contribution in [-0.4, -0.2) is 38.0 Å². The molecular weight excluding hydrogens is 190 g/mol. The van der Waals surface area contributed by atoms with E-state index in [1.807, 2.05) is 6.08 Å². The van der Waals surface area contributed by atoms with Crippen LogP contribution in [0.25, 0.3) is 0 Å². The fourth-order valence-electron chi connectivity index (χ4n) is 1.10. The first-order valence-electron chi connectivity index (χ1n) is 5.68. The third kappa shape index (κ3) is 7.54. The molecule has 0 saturated heterocycles. The summed E-state index contributed by atoms with van der Waals surface area (Å²) in [4.78, 5) is 0. The molecule has 0 aliphatic heterocycles. The Balaban J connectivity index is 3.33. The van der Waals surface area contributed by atoms with Gasteiger partial charge in [0, 0.05) is 25.1 Å². The molecule has 0 bridgehead atoms. The molecule has 0 rings (SSSR count). The molecule has 0 aliphatic carbocycles. The van der Waals surface area contributed by atoms with Crippen LogP contribution in [0.15, 0.2) is 12.7 Å². The smallest absolute Gasteiger partial charge is 0.0591 e. The third-order valence-corrected chi connectivity index (χ3v) is 2.68. The van der Waals surface area contributed by atoms with E-state index in [0.29, 0.717) is 0 Å². The molecule has 0 aromatic carbocycles. The number of aliphatic hydroxyl groups is 1. The van der Waals surface area contributed by atoms with Crippen LogP contribution < -0.4 is 5.32 Å². The van der Waals surface area contributed by atoms with Gasteiger partial charge in [0.15, 0.2) is 0 Å². The second-order valence-electron chi connectivity index (χ2n) is 4.19. The highest BCUT2D eigenvalue weighted by Crippen LogP contribution is 2.17. The second-order valence-corrected chi connectivity index (χ2v) is 4.19. The van der Waals surface area contributed by atoms with Crippen LogP contribution >= 0.6 is 0 Å². The van der Waals surface area contributed by atoms with E-state index in [2.05, 4.69) is 25.7 Å². The van der Waals surface area contributed by atoms with Gasteiger partial charge < -0.3 is 15.2 Å². The Morgan fingerprint density at radius 3 is 2.73 bits per heavy atom. The van der Waals surface area contributed by atoms with Crippen LogP contribution in [0.2, 0.25) is 0 Å². The number of rotatable bonds is 10. The molecule has 1 unspecified atom stereocenters. The lowest BCUT2D eigenvalue weighted by atomic mass is 9.89. The van der Waals surface area contributed by atoms with Crippen molar-refractivity contribution in [3.05, 3.63) is 12.7 Å². The van der Waals surface area contributed by atoms with Crippen molar-refractivity contribution in [1.82, 2.24) is 5.32 Å². The summed E-state index contributed by atoms with van der Waals surface area (Å²) in [5, 5.41) is 12.5. The fraction of sp³-hybridized carbons (Fsp3) is 0.833. The first-order valence-corrected chi connectivity index (χ1v) is 5.68. The number of ether oxygens (including phenoxy) is 1. The first kappa shape index (κ1) is 14.6. The summed E-state index contributed by atoms with van der Waals surface area (Å²) in [7, 11) is 0. The molecule has 0 aliphatic rings. The van der Waals surface area contributed by atoms with Crippen molar-refractivity contribution >= 4 is 0 Å². The maximum Gasteiger partial charge on any atom is 0.0591 e. The van der Waals surface area contributed by atoms with E-state index in [-0.39, 0.29) is 12.0 Å². The number of hydrogen-bond acceptors (Lipinski definition) is 3. The zero-order chi connectivity index (χ0) is 11.6. The average molecular weight is 215 g/mol. The largest absolute Gasteiger partial charge is 0.396 e. The van der Waals surface area contributed by atoms with Crippen LogP contribution in [0.3, 0.4) is 0 Å². The van der Waals surface area contributed by atoms with Gasteiger partial charge in [-0.2, -0.15) is 0 Å². The van der Waals surface area contributed by atoms with Crippen LogP contribution in [-0.2, 0) is 4.74 Å². The molecule has 0 heterocycles. The van der Waals surface area contributed by atoms with Crippen molar-refractivity contribution in [2.24, 2.45) is 5.41 Å². The molecule has 0 aromatic rings. The van der Waals surface area contributed by atoms with E-state index >= 15 is 0 Å². The lowest BCUT2D eigenvalue weighted by molar-refractivity contribution is 0.118. The summed E-state index contributed by atoms with van der Waals surface area (Å²) in [5.74, 6) is 0. The van der Waals surface area contributed by atoms with Crippen LogP contribution in [0.5, 0.6) is 0 Å². The predicted octanol–water partition coefficient (Wildman–Crippen LogP) is 1.58. The van der Waals surface area contributed by atoms with Gasteiger partial charge in [-0.15, -0.1) is 6.58 Å². The van der Waals surface area contributed by atoms with E-state index in [0.717, 1.165) is 39.1 Å². The third-order valence-electron chi connectivity index (χ3n) is 2.68. The van der Waals surface area contributed by atoms with Gasteiger partial charge in [0.1, 0.15) is 0 Å². The van der Waals surface area contributed by atoms with E-state index in [4.69, 9.17) is 4.74 Å². The highest BCUT2D eigenvalue weighted by Gasteiger charge is 2.19. The van der Waals surface area contributed by atoms with Gasteiger partial charge in [0.2, 0.25) is 0 Å². The van der Waals surface area contributed by atoms with Crippen molar-refractivity contribution in [1.29, 1.82) is 0 Å². The van der Waals surface area contributed by atoms with Gasteiger partial charge in [-0.05, 0) is 12.8 Å².